The third-order valence-corrected chi connectivity index (χ3v) is 8.84. The maximum Gasteiger partial charge on any atom is 0.356 e. The monoisotopic (exact) mass is 637 g/mol. The van der Waals surface area contributed by atoms with Crippen molar-refractivity contribution < 1.29 is 32.6 Å². The Bertz CT molecular complexity index is 1540. The number of hydrogen-bond acceptors (Lipinski definition) is 10. The lowest BCUT2D eigenvalue weighted by molar-refractivity contribution is -0.0640. The van der Waals surface area contributed by atoms with Crippen LogP contribution in [0.25, 0.3) is 0 Å². The molecule has 12 heteroatoms. The molecule has 1 heterocycles. The van der Waals surface area contributed by atoms with Crippen molar-refractivity contribution in [3.05, 3.63) is 118 Å². The average Bonchev–Trinajstić information content (AvgIpc) is 3.06. The van der Waals surface area contributed by atoms with Crippen molar-refractivity contribution in [2.75, 3.05) is 46.1 Å². The molecule has 4 rings (SSSR count). The Balaban J connectivity index is 1.80. The Morgan fingerprint density at radius 2 is 1.36 bits per heavy atom. The van der Waals surface area contributed by atoms with Crippen molar-refractivity contribution in [1.82, 2.24) is 9.55 Å². The standard InChI is InChI=1S/C33H40N3O8P/c1-5-43-45(38,44-6-2)24-41-30(22-36-21-20-31(34)35-32(36)37)23-42-33(25-10-8-7-9-11-25,26-12-16-28(39-3)17-13-26)27-14-18-29(40-4)19-15-27/h7-21,30H,5-6,22-24H2,1-4H3,(H2,34,35,37)/t30-/m0/s1. The predicted molar refractivity (Wildman–Crippen MR) is 172 cm³/mol. The summed E-state index contributed by atoms with van der Waals surface area (Å²) in [7, 11) is -0.364. The molecule has 0 aliphatic carbocycles. The number of methoxy groups -OCH3 is 2. The fraction of sp³-hybridized carbons (Fsp3) is 0.333. The summed E-state index contributed by atoms with van der Waals surface area (Å²) < 4.78 is 49.6. The maximum absolute atomic E-state index is 13.3. The minimum Gasteiger partial charge on any atom is -0.497 e. The van der Waals surface area contributed by atoms with E-state index >= 15 is 0 Å². The molecule has 240 valence electrons. The van der Waals surface area contributed by atoms with Gasteiger partial charge in [0, 0.05) is 6.20 Å². The van der Waals surface area contributed by atoms with Gasteiger partial charge in [0.2, 0.25) is 0 Å². The molecule has 45 heavy (non-hydrogen) atoms. The summed E-state index contributed by atoms with van der Waals surface area (Å²) in [6.45, 7) is 3.79. The number of rotatable bonds is 17. The van der Waals surface area contributed by atoms with Gasteiger partial charge in [-0.25, -0.2) is 4.79 Å². The Labute approximate surface area is 263 Å². The van der Waals surface area contributed by atoms with Gasteiger partial charge in [0.1, 0.15) is 29.3 Å². The van der Waals surface area contributed by atoms with Crippen molar-refractivity contribution in [2.24, 2.45) is 0 Å². The molecule has 11 nitrogen and oxygen atoms in total. The number of anilines is 1. The molecule has 0 radical (unpaired) electrons. The van der Waals surface area contributed by atoms with Crippen molar-refractivity contribution in [3.8, 4) is 11.5 Å². The van der Waals surface area contributed by atoms with Crippen molar-refractivity contribution in [1.29, 1.82) is 0 Å². The second-order valence-electron chi connectivity index (χ2n) is 9.97. The number of hydrogen-bond donors (Lipinski definition) is 1. The van der Waals surface area contributed by atoms with Gasteiger partial charge in [-0.05, 0) is 60.9 Å². The normalized spacial score (nSPS) is 12.5. The van der Waals surface area contributed by atoms with Crippen LogP contribution >= 0.6 is 7.60 Å². The van der Waals surface area contributed by atoms with Crippen LogP contribution < -0.4 is 20.9 Å². The summed E-state index contributed by atoms with van der Waals surface area (Å²) in [5.41, 5.74) is 6.51. The number of nitrogens with two attached hydrogens (primary N) is 1. The molecule has 0 aliphatic rings. The van der Waals surface area contributed by atoms with E-state index < -0.39 is 25.0 Å². The van der Waals surface area contributed by atoms with Crippen LogP contribution in [0.3, 0.4) is 0 Å². The highest BCUT2D eigenvalue weighted by molar-refractivity contribution is 7.53. The van der Waals surface area contributed by atoms with Gasteiger partial charge in [0.25, 0.3) is 0 Å². The highest BCUT2D eigenvalue weighted by Crippen LogP contribution is 2.48. The van der Waals surface area contributed by atoms with Gasteiger partial charge < -0.3 is 33.7 Å². The van der Waals surface area contributed by atoms with Crippen LogP contribution in [-0.2, 0) is 35.2 Å². The molecule has 0 saturated carbocycles. The summed E-state index contributed by atoms with van der Waals surface area (Å²) in [5, 5.41) is 0. The highest BCUT2D eigenvalue weighted by Gasteiger charge is 2.39. The largest absolute Gasteiger partial charge is 0.497 e. The summed E-state index contributed by atoms with van der Waals surface area (Å²) in [6, 6.07) is 26.5. The third-order valence-electron chi connectivity index (χ3n) is 7.08. The minimum absolute atomic E-state index is 0.0282. The van der Waals surface area contributed by atoms with Gasteiger partial charge in [0.05, 0.1) is 46.7 Å². The molecule has 0 saturated heterocycles. The lowest BCUT2D eigenvalue weighted by Gasteiger charge is -2.37. The Hall–Kier alpha value is -3.99. The summed E-state index contributed by atoms with van der Waals surface area (Å²) >= 11 is 0. The molecule has 4 aromatic rings. The molecule has 0 unspecified atom stereocenters. The Morgan fingerprint density at radius 3 is 1.84 bits per heavy atom. The van der Waals surface area contributed by atoms with Gasteiger partial charge in [-0.1, -0.05) is 54.6 Å². The first kappa shape index (κ1) is 33.9. The molecule has 2 N–H and O–H groups in total. The van der Waals surface area contributed by atoms with E-state index in [0.717, 1.165) is 16.7 Å². The van der Waals surface area contributed by atoms with Crippen molar-refractivity contribution >= 4 is 13.4 Å². The maximum atomic E-state index is 13.3. The van der Waals surface area contributed by atoms with Crippen LogP contribution in [0.5, 0.6) is 11.5 Å². The van der Waals surface area contributed by atoms with Gasteiger partial charge in [-0.15, -0.1) is 0 Å². The molecule has 1 atom stereocenters. The average molecular weight is 638 g/mol. The van der Waals surface area contributed by atoms with Crippen LogP contribution in [0.15, 0.2) is 95.9 Å². The molecule has 0 spiro atoms. The highest BCUT2D eigenvalue weighted by atomic mass is 31.2. The number of benzene rings is 3. The zero-order valence-corrected chi connectivity index (χ0v) is 26.9. The quantitative estimate of drug-likeness (QED) is 0.118. The van der Waals surface area contributed by atoms with Gasteiger partial charge in [-0.2, -0.15) is 4.98 Å². The topological polar surface area (TPSA) is 133 Å². The first-order valence-corrected chi connectivity index (χ1v) is 16.3. The zero-order chi connectivity index (χ0) is 32.3. The van der Waals surface area contributed by atoms with Crippen LogP contribution in [-0.4, -0.2) is 56.0 Å². The van der Waals surface area contributed by atoms with E-state index in [4.69, 9.17) is 33.7 Å². The first-order chi connectivity index (χ1) is 21.8. The van der Waals surface area contributed by atoms with E-state index in [1.165, 1.54) is 16.8 Å². The van der Waals surface area contributed by atoms with Crippen LogP contribution in [0.4, 0.5) is 5.82 Å². The van der Waals surface area contributed by atoms with Crippen molar-refractivity contribution in [2.45, 2.75) is 32.1 Å². The smallest absolute Gasteiger partial charge is 0.356 e. The van der Waals surface area contributed by atoms with E-state index in [1.54, 1.807) is 28.1 Å². The number of nitrogen functional groups attached to an aromatic ring is 1. The molecule has 0 fully saturated rings. The van der Waals surface area contributed by atoms with E-state index in [-0.39, 0.29) is 38.5 Å². The van der Waals surface area contributed by atoms with Crippen LogP contribution in [0, 0.1) is 0 Å². The predicted octanol–water partition coefficient (Wildman–Crippen LogP) is 5.46. The molecule has 1 aromatic heterocycles. The lowest BCUT2D eigenvalue weighted by atomic mass is 9.80. The van der Waals surface area contributed by atoms with Gasteiger partial charge in [0.15, 0.2) is 0 Å². The third kappa shape index (κ3) is 8.39. The van der Waals surface area contributed by atoms with E-state index in [1.807, 2.05) is 78.9 Å². The second kappa shape index (κ2) is 15.8. The number of nitrogens with zero attached hydrogens (tertiary/aromatic N) is 2. The van der Waals surface area contributed by atoms with Crippen LogP contribution in [0.1, 0.15) is 30.5 Å². The van der Waals surface area contributed by atoms with E-state index in [0.29, 0.717) is 11.5 Å². The summed E-state index contributed by atoms with van der Waals surface area (Å²) in [5.74, 6) is 1.48. The summed E-state index contributed by atoms with van der Waals surface area (Å²) in [4.78, 5) is 16.6. The molecule has 0 aliphatic heterocycles. The number of ether oxygens (including phenoxy) is 4. The Kier molecular flexibility index (Phi) is 11.9. The fourth-order valence-corrected chi connectivity index (χ4v) is 6.35. The number of aromatic nitrogens is 2. The van der Waals surface area contributed by atoms with Crippen LogP contribution in [0.2, 0.25) is 0 Å². The molecule has 0 bridgehead atoms. The zero-order valence-electron chi connectivity index (χ0n) is 26.0. The SMILES string of the molecule is CCOP(=O)(CO[C@H](COC(c1ccccc1)(c1ccc(OC)cc1)c1ccc(OC)cc1)Cn1ccc(N)nc1=O)OCC. The fourth-order valence-electron chi connectivity index (χ4n) is 4.95. The van der Waals surface area contributed by atoms with Gasteiger partial charge >= 0.3 is 13.3 Å². The molecule has 0 amide bonds. The second-order valence-corrected chi connectivity index (χ2v) is 12.0. The van der Waals surface area contributed by atoms with E-state index in [2.05, 4.69) is 4.98 Å². The molecular weight excluding hydrogens is 597 g/mol. The summed E-state index contributed by atoms with van der Waals surface area (Å²) in [6.07, 6.45) is 0.397. The Morgan fingerprint density at radius 1 is 0.822 bits per heavy atom. The first-order valence-electron chi connectivity index (χ1n) is 14.6. The van der Waals surface area contributed by atoms with Gasteiger partial charge in [-0.3, -0.25) is 9.13 Å². The van der Waals surface area contributed by atoms with E-state index in [9.17, 15) is 9.36 Å². The molecular formula is C33H40N3O8P. The minimum atomic E-state index is -3.58. The molecule has 3 aromatic carbocycles. The lowest BCUT2D eigenvalue weighted by Crippen LogP contribution is -2.39. The van der Waals surface area contributed by atoms with Crippen molar-refractivity contribution in [3.63, 3.8) is 0 Å².